The number of amides is 2. The van der Waals surface area contributed by atoms with Crippen LogP contribution in [-0.2, 0) is 19.3 Å². The Kier molecular flexibility index (Phi) is 6.33. The highest BCUT2D eigenvalue weighted by atomic mass is 32.2. The van der Waals surface area contributed by atoms with Crippen LogP contribution >= 0.6 is 0 Å². The Bertz CT molecular complexity index is 776. The van der Waals surface area contributed by atoms with Crippen molar-refractivity contribution < 1.29 is 13.8 Å². The number of hydrogen-bond donors (Lipinski definition) is 0. The first-order valence-corrected chi connectivity index (χ1v) is 13.8. The van der Waals surface area contributed by atoms with Crippen molar-refractivity contribution in [1.29, 1.82) is 0 Å². The monoisotopic (exact) mass is 437 g/mol. The Morgan fingerprint density at radius 2 is 1.67 bits per heavy atom. The quantitative estimate of drug-likeness (QED) is 0.680. The van der Waals surface area contributed by atoms with E-state index in [4.69, 9.17) is 0 Å². The largest absolute Gasteiger partial charge is 0.342 e. The normalized spacial score (nSPS) is 36.7. The molecule has 0 spiro atoms. The number of likely N-dealkylation sites (tertiary alicyclic amines) is 2. The molecule has 2 amide bonds. The smallest absolute Gasteiger partial charge is 0.258 e. The van der Waals surface area contributed by atoms with E-state index in [1.165, 1.54) is 0 Å². The van der Waals surface area contributed by atoms with Gasteiger partial charge in [-0.05, 0) is 64.3 Å². The SMILES string of the molecule is CC(C)N1CCCC(C(=O)N=S2(=O)CC3CC(CN(C(=O)C4(C)CCCC4)C3)C2)C1. The van der Waals surface area contributed by atoms with Crippen molar-refractivity contribution in [3.05, 3.63) is 0 Å². The number of hydrogen-bond acceptors (Lipinski definition) is 4. The van der Waals surface area contributed by atoms with Crippen LogP contribution in [0.15, 0.2) is 4.36 Å². The van der Waals surface area contributed by atoms with Crippen LogP contribution in [0, 0.1) is 23.2 Å². The van der Waals surface area contributed by atoms with Crippen LogP contribution in [0.3, 0.4) is 0 Å². The molecule has 0 radical (unpaired) electrons. The van der Waals surface area contributed by atoms with Crippen LogP contribution in [0.2, 0.25) is 0 Å². The predicted molar refractivity (Wildman–Crippen MR) is 119 cm³/mol. The Morgan fingerprint density at radius 3 is 2.27 bits per heavy atom. The van der Waals surface area contributed by atoms with Crippen molar-refractivity contribution >= 4 is 21.5 Å². The topological polar surface area (TPSA) is 70.1 Å². The lowest BCUT2D eigenvalue weighted by Crippen LogP contribution is -2.53. The second kappa shape index (κ2) is 8.53. The zero-order valence-electron chi connectivity index (χ0n) is 19.0. The van der Waals surface area contributed by atoms with Gasteiger partial charge in [0.2, 0.25) is 5.91 Å². The zero-order valence-corrected chi connectivity index (χ0v) is 19.8. The van der Waals surface area contributed by atoms with Crippen molar-refractivity contribution in [3.63, 3.8) is 0 Å². The predicted octanol–water partition coefficient (Wildman–Crippen LogP) is 3.16. The standard InChI is InChI=1S/C23H39N3O3S/c1-17(2)25-10-6-7-20(14-25)21(27)24-30(29)15-18-11-19(16-30)13-26(12-18)22(28)23(3)8-4-5-9-23/h17-20H,4-16H2,1-3H3. The molecule has 3 atom stereocenters. The molecule has 0 aromatic rings. The van der Waals surface area contributed by atoms with E-state index in [0.717, 1.165) is 58.0 Å². The Labute approximate surface area is 182 Å². The molecular formula is C23H39N3O3S. The summed E-state index contributed by atoms with van der Waals surface area (Å²) in [5, 5.41) is 0. The van der Waals surface area contributed by atoms with Crippen molar-refractivity contribution in [1.82, 2.24) is 9.80 Å². The highest BCUT2D eigenvalue weighted by Gasteiger charge is 2.44. The maximum atomic E-state index is 13.6. The maximum absolute atomic E-state index is 13.6. The molecule has 1 saturated carbocycles. The fraction of sp³-hybridized carbons (Fsp3) is 0.913. The van der Waals surface area contributed by atoms with Crippen LogP contribution in [0.5, 0.6) is 0 Å². The first-order chi connectivity index (χ1) is 14.2. The summed E-state index contributed by atoms with van der Waals surface area (Å²) in [6.45, 7) is 9.59. The molecule has 170 valence electrons. The number of carbonyl (C=O) groups is 2. The average Bonchev–Trinajstić information content (AvgIpc) is 3.14. The van der Waals surface area contributed by atoms with Gasteiger partial charge in [-0.2, -0.15) is 4.36 Å². The molecule has 1 aliphatic carbocycles. The van der Waals surface area contributed by atoms with E-state index in [-0.39, 0.29) is 29.1 Å². The highest BCUT2D eigenvalue weighted by Crippen LogP contribution is 2.41. The fourth-order valence-corrected chi connectivity index (χ4v) is 8.99. The lowest BCUT2D eigenvalue weighted by Gasteiger charge is -2.44. The molecule has 2 bridgehead atoms. The van der Waals surface area contributed by atoms with E-state index in [2.05, 4.69) is 30.0 Å². The van der Waals surface area contributed by atoms with Gasteiger partial charge in [0.1, 0.15) is 0 Å². The Balaban J connectivity index is 1.42. The van der Waals surface area contributed by atoms with Gasteiger partial charge in [0.25, 0.3) is 5.91 Å². The molecule has 3 saturated heterocycles. The third kappa shape index (κ3) is 4.62. The molecule has 6 nitrogen and oxygen atoms in total. The summed E-state index contributed by atoms with van der Waals surface area (Å²) in [5.74, 6) is 1.45. The van der Waals surface area contributed by atoms with Gasteiger partial charge in [0.15, 0.2) is 0 Å². The summed E-state index contributed by atoms with van der Waals surface area (Å²) in [5.41, 5.74) is -0.198. The van der Waals surface area contributed by atoms with Crippen LogP contribution in [0.4, 0.5) is 0 Å². The van der Waals surface area contributed by atoms with Gasteiger partial charge in [-0.25, -0.2) is 4.21 Å². The van der Waals surface area contributed by atoms with E-state index in [1.54, 1.807) is 0 Å². The molecule has 7 heteroatoms. The van der Waals surface area contributed by atoms with E-state index >= 15 is 0 Å². The van der Waals surface area contributed by atoms with Gasteiger partial charge in [0, 0.05) is 42.6 Å². The number of nitrogens with zero attached hydrogens (tertiary/aromatic N) is 3. The van der Waals surface area contributed by atoms with E-state index in [9.17, 15) is 13.8 Å². The molecule has 3 heterocycles. The highest BCUT2D eigenvalue weighted by molar-refractivity contribution is 7.93. The van der Waals surface area contributed by atoms with Gasteiger partial charge < -0.3 is 9.80 Å². The van der Waals surface area contributed by atoms with Crippen LogP contribution < -0.4 is 0 Å². The second-order valence-corrected chi connectivity index (χ2v) is 13.3. The second-order valence-electron chi connectivity index (χ2n) is 10.9. The summed E-state index contributed by atoms with van der Waals surface area (Å²) in [7, 11) is -2.50. The number of rotatable bonds is 3. The van der Waals surface area contributed by atoms with E-state index < -0.39 is 9.73 Å². The third-order valence-corrected chi connectivity index (χ3v) is 10.4. The molecule has 4 rings (SSSR count). The van der Waals surface area contributed by atoms with Gasteiger partial charge in [-0.3, -0.25) is 9.59 Å². The van der Waals surface area contributed by atoms with Crippen LogP contribution in [0.25, 0.3) is 0 Å². The Hall–Kier alpha value is -0.950. The molecule has 0 aromatic heterocycles. The summed E-state index contributed by atoms with van der Waals surface area (Å²) >= 11 is 0. The van der Waals surface area contributed by atoms with Gasteiger partial charge in [-0.15, -0.1) is 0 Å². The van der Waals surface area contributed by atoms with E-state index in [1.807, 2.05) is 4.90 Å². The van der Waals surface area contributed by atoms with Crippen LogP contribution in [-0.4, -0.2) is 69.5 Å². The average molecular weight is 438 g/mol. The minimum atomic E-state index is -2.50. The minimum absolute atomic E-state index is 0.110. The van der Waals surface area contributed by atoms with Gasteiger partial charge in [-0.1, -0.05) is 19.8 Å². The minimum Gasteiger partial charge on any atom is -0.342 e. The van der Waals surface area contributed by atoms with Crippen molar-refractivity contribution in [2.45, 2.75) is 71.8 Å². The molecule has 4 aliphatic rings. The first kappa shape index (κ1) is 22.3. The summed E-state index contributed by atoms with van der Waals surface area (Å²) in [4.78, 5) is 30.4. The van der Waals surface area contributed by atoms with Crippen molar-refractivity contribution in [2.24, 2.45) is 27.5 Å². The number of fused-ring (bicyclic) bond motifs is 2. The summed E-state index contributed by atoms with van der Waals surface area (Å²) in [6.07, 6.45) is 7.16. The molecular weight excluding hydrogens is 398 g/mol. The van der Waals surface area contributed by atoms with E-state index in [0.29, 0.717) is 36.5 Å². The molecule has 3 unspecified atom stereocenters. The Morgan fingerprint density at radius 1 is 1.03 bits per heavy atom. The lowest BCUT2D eigenvalue weighted by atomic mass is 9.84. The number of carbonyl (C=O) groups excluding carboxylic acids is 2. The molecule has 3 aliphatic heterocycles. The fourth-order valence-electron chi connectivity index (χ4n) is 6.27. The van der Waals surface area contributed by atoms with Gasteiger partial charge >= 0.3 is 0 Å². The third-order valence-electron chi connectivity index (χ3n) is 7.92. The van der Waals surface area contributed by atoms with Crippen molar-refractivity contribution in [2.75, 3.05) is 37.7 Å². The van der Waals surface area contributed by atoms with Gasteiger partial charge in [0.05, 0.1) is 15.6 Å². The number of piperidine rings is 2. The van der Waals surface area contributed by atoms with Crippen LogP contribution in [0.1, 0.15) is 65.7 Å². The lowest BCUT2D eigenvalue weighted by molar-refractivity contribution is -0.143. The zero-order chi connectivity index (χ0) is 21.5. The maximum Gasteiger partial charge on any atom is 0.258 e. The summed E-state index contributed by atoms with van der Waals surface area (Å²) < 4.78 is 18.0. The molecule has 4 fully saturated rings. The first-order valence-electron chi connectivity index (χ1n) is 12.0. The van der Waals surface area contributed by atoms with Crippen molar-refractivity contribution in [3.8, 4) is 0 Å². The molecule has 30 heavy (non-hydrogen) atoms. The summed E-state index contributed by atoms with van der Waals surface area (Å²) in [6, 6.07) is 0.424. The molecule has 0 aromatic carbocycles. The molecule has 0 N–H and O–H groups in total.